The van der Waals surface area contributed by atoms with Gasteiger partial charge in [-0.3, -0.25) is 9.69 Å². The first-order chi connectivity index (χ1) is 12.9. The Labute approximate surface area is 178 Å². The molecule has 3 nitrogen and oxygen atoms in total. The van der Waals surface area contributed by atoms with Crippen LogP contribution in [-0.4, -0.2) is 16.3 Å². The highest BCUT2D eigenvalue weighted by Gasteiger charge is 2.34. The van der Waals surface area contributed by atoms with Gasteiger partial charge in [-0.25, -0.2) is 0 Å². The van der Waals surface area contributed by atoms with Crippen LogP contribution in [0.15, 0.2) is 47.4 Å². The minimum Gasteiger partial charge on any atom is -0.491 e. The molecule has 0 spiro atoms. The molecule has 1 amide bonds. The van der Waals surface area contributed by atoms with Crippen LogP contribution in [0.5, 0.6) is 5.75 Å². The lowest BCUT2D eigenvalue weighted by Crippen LogP contribution is -2.27. The third-order valence-corrected chi connectivity index (χ3v) is 5.87. The lowest BCUT2D eigenvalue weighted by atomic mass is 10.2. The lowest BCUT2D eigenvalue weighted by molar-refractivity contribution is -0.113. The van der Waals surface area contributed by atoms with Gasteiger partial charge in [0.05, 0.1) is 21.7 Å². The number of halogens is 2. The Bertz CT molecular complexity index is 913. The fraction of sp³-hybridized carbons (Fsp3) is 0.200. The summed E-state index contributed by atoms with van der Waals surface area (Å²) >= 11 is 18.8. The number of nitrogens with zero attached hydrogens (tertiary/aromatic N) is 1. The van der Waals surface area contributed by atoms with E-state index in [4.69, 9.17) is 40.2 Å². The molecule has 1 atom stereocenters. The van der Waals surface area contributed by atoms with Crippen LogP contribution < -0.4 is 9.64 Å². The van der Waals surface area contributed by atoms with Crippen molar-refractivity contribution in [1.29, 1.82) is 0 Å². The molecule has 1 saturated heterocycles. The summed E-state index contributed by atoms with van der Waals surface area (Å²) in [5, 5.41) is 0.885. The predicted molar refractivity (Wildman–Crippen MR) is 119 cm³/mol. The molecule has 2 aromatic rings. The molecule has 1 fully saturated rings. The molecular formula is C20H17Cl2NO2S2. The monoisotopic (exact) mass is 437 g/mol. The summed E-state index contributed by atoms with van der Waals surface area (Å²) in [5.74, 6) is 0.608. The first-order valence-corrected chi connectivity index (χ1v) is 10.4. The number of ether oxygens (including phenoxy) is 1. The average Bonchev–Trinajstić information content (AvgIpc) is 2.90. The maximum absolute atomic E-state index is 12.8. The van der Waals surface area contributed by atoms with E-state index in [1.807, 2.05) is 37.3 Å². The number of rotatable bonds is 5. The van der Waals surface area contributed by atoms with Gasteiger partial charge >= 0.3 is 0 Å². The zero-order chi connectivity index (χ0) is 19.6. The number of carbonyl (C=O) groups is 1. The molecule has 27 heavy (non-hydrogen) atoms. The quantitative estimate of drug-likeness (QED) is 0.390. The summed E-state index contributed by atoms with van der Waals surface area (Å²) in [4.78, 5) is 14.8. The van der Waals surface area contributed by atoms with E-state index in [0.717, 1.165) is 17.7 Å². The first kappa shape index (κ1) is 20.2. The van der Waals surface area contributed by atoms with Gasteiger partial charge in [-0.05, 0) is 55.3 Å². The molecular weight excluding hydrogens is 421 g/mol. The van der Waals surface area contributed by atoms with E-state index in [1.165, 1.54) is 16.7 Å². The molecule has 3 rings (SSSR count). The van der Waals surface area contributed by atoms with Gasteiger partial charge in [0.25, 0.3) is 5.91 Å². The number of amides is 1. The molecule has 0 aromatic heterocycles. The normalized spacial score (nSPS) is 16.9. The van der Waals surface area contributed by atoms with Crippen LogP contribution >= 0.6 is 47.2 Å². The van der Waals surface area contributed by atoms with Crippen LogP contribution in [0.3, 0.4) is 0 Å². The van der Waals surface area contributed by atoms with Gasteiger partial charge in [0.2, 0.25) is 0 Å². The molecule has 0 N–H and O–H groups in total. The second-order valence-corrected chi connectivity index (χ2v) is 8.54. The summed E-state index contributed by atoms with van der Waals surface area (Å²) < 4.78 is 6.21. The fourth-order valence-corrected chi connectivity index (χ4v) is 4.23. The zero-order valence-corrected chi connectivity index (χ0v) is 17.9. The van der Waals surface area contributed by atoms with Crippen LogP contribution in [0.2, 0.25) is 10.0 Å². The number of carbonyl (C=O) groups excluding carboxylic acids is 1. The van der Waals surface area contributed by atoms with Crippen LogP contribution in [0, 0.1) is 0 Å². The molecule has 7 heteroatoms. The summed E-state index contributed by atoms with van der Waals surface area (Å²) in [5.41, 5.74) is 1.43. The van der Waals surface area contributed by atoms with E-state index >= 15 is 0 Å². The molecule has 0 radical (unpaired) electrons. The molecule has 0 saturated carbocycles. The molecule has 2 aromatic carbocycles. The Hall–Kier alpha value is -1.53. The van der Waals surface area contributed by atoms with Crippen molar-refractivity contribution in [1.82, 2.24) is 0 Å². The molecule has 1 aliphatic rings. The zero-order valence-electron chi connectivity index (χ0n) is 14.7. The predicted octanol–water partition coefficient (Wildman–Crippen LogP) is 6.58. The van der Waals surface area contributed by atoms with Gasteiger partial charge in [0.1, 0.15) is 5.75 Å². The SMILES string of the molecule is CC[C@H](C)Oc1ccc(/C=C2/SC(=S)N(c3ccc(Cl)cc3Cl)C2=O)cc1. The van der Waals surface area contributed by atoms with E-state index < -0.39 is 0 Å². The van der Waals surface area contributed by atoms with Crippen molar-refractivity contribution in [3.63, 3.8) is 0 Å². The minimum absolute atomic E-state index is 0.163. The van der Waals surface area contributed by atoms with Gasteiger partial charge in [-0.15, -0.1) is 0 Å². The van der Waals surface area contributed by atoms with Gasteiger partial charge in [0, 0.05) is 5.02 Å². The standard InChI is InChI=1S/C20H17Cl2NO2S2/c1-3-12(2)25-15-7-4-13(5-8-15)10-18-19(24)23(20(26)27-18)17-9-6-14(21)11-16(17)22/h4-12H,3H2,1-2H3/b18-10+/t12-/m0/s1. The van der Waals surface area contributed by atoms with Gasteiger partial charge in [0.15, 0.2) is 4.32 Å². The van der Waals surface area contributed by atoms with Gasteiger partial charge < -0.3 is 4.74 Å². The van der Waals surface area contributed by atoms with Gasteiger partial charge in [-0.1, -0.05) is 66.2 Å². The van der Waals surface area contributed by atoms with Crippen LogP contribution in [0.1, 0.15) is 25.8 Å². The summed E-state index contributed by atoms with van der Waals surface area (Å²) in [6.07, 6.45) is 2.92. The second kappa shape index (κ2) is 8.65. The lowest BCUT2D eigenvalue weighted by Gasteiger charge is -2.16. The number of thioether (sulfide) groups is 1. The van der Waals surface area contributed by atoms with Gasteiger partial charge in [-0.2, -0.15) is 0 Å². The Balaban J connectivity index is 1.82. The number of anilines is 1. The summed E-state index contributed by atoms with van der Waals surface area (Å²) in [6.45, 7) is 4.11. The van der Waals surface area contributed by atoms with E-state index in [1.54, 1.807) is 18.2 Å². The Morgan fingerprint density at radius 2 is 1.93 bits per heavy atom. The highest BCUT2D eigenvalue weighted by molar-refractivity contribution is 8.27. The fourth-order valence-electron chi connectivity index (χ4n) is 2.45. The average molecular weight is 438 g/mol. The molecule has 1 heterocycles. The topological polar surface area (TPSA) is 29.5 Å². The van der Waals surface area contributed by atoms with Crippen molar-refractivity contribution >= 4 is 69.2 Å². The van der Waals surface area contributed by atoms with Crippen molar-refractivity contribution in [2.24, 2.45) is 0 Å². The van der Waals surface area contributed by atoms with Crippen molar-refractivity contribution in [2.75, 3.05) is 4.90 Å². The van der Waals surface area contributed by atoms with Crippen molar-refractivity contribution < 1.29 is 9.53 Å². The molecule has 0 bridgehead atoms. The smallest absolute Gasteiger partial charge is 0.270 e. The Kier molecular flexibility index (Phi) is 6.48. The van der Waals surface area contributed by atoms with Crippen LogP contribution in [0.4, 0.5) is 5.69 Å². The van der Waals surface area contributed by atoms with Crippen LogP contribution in [0.25, 0.3) is 6.08 Å². The summed E-state index contributed by atoms with van der Waals surface area (Å²) in [7, 11) is 0. The van der Waals surface area contributed by atoms with Crippen molar-refractivity contribution in [3.8, 4) is 5.75 Å². The molecule has 140 valence electrons. The highest BCUT2D eigenvalue weighted by atomic mass is 35.5. The minimum atomic E-state index is -0.200. The Morgan fingerprint density at radius 3 is 2.56 bits per heavy atom. The van der Waals surface area contributed by atoms with Crippen molar-refractivity contribution in [3.05, 3.63) is 63.0 Å². The number of hydrogen-bond donors (Lipinski definition) is 0. The second-order valence-electron chi connectivity index (χ2n) is 6.02. The van der Waals surface area contributed by atoms with E-state index in [0.29, 0.717) is 25.0 Å². The highest BCUT2D eigenvalue weighted by Crippen LogP contribution is 2.39. The van der Waals surface area contributed by atoms with E-state index in [2.05, 4.69) is 6.92 Å². The maximum atomic E-state index is 12.8. The third kappa shape index (κ3) is 4.66. The third-order valence-electron chi connectivity index (χ3n) is 4.03. The molecule has 0 unspecified atom stereocenters. The number of benzene rings is 2. The number of thiocarbonyl (C=S) groups is 1. The first-order valence-electron chi connectivity index (χ1n) is 8.38. The molecule has 1 aliphatic heterocycles. The molecule has 0 aliphatic carbocycles. The van der Waals surface area contributed by atoms with E-state index in [-0.39, 0.29) is 12.0 Å². The maximum Gasteiger partial charge on any atom is 0.270 e. The van der Waals surface area contributed by atoms with Crippen molar-refractivity contribution in [2.45, 2.75) is 26.4 Å². The largest absolute Gasteiger partial charge is 0.491 e. The van der Waals surface area contributed by atoms with E-state index in [9.17, 15) is 4.79 Å². The number of hydrogen-bond acceptors (Lipinski definition) is 4. The van der Waals surface area contributed by atoms with Crippen LogP contribution in [-0.2, 0) is 4.79 Å². The summed E-state index contributed by atoms with van der Waals surface area (Å²) in [6, 6.07) is 12.6. The Morgan fingerprint density at radius 1 is 1.22 bits per heavy atom.